The average Bonchev–Trinajstić information content (AvgIpc) is 2.50. The second kappa shape index (κ2) is 6.77. The van der Waals surface area contributed by atoms with E-state index in [1.165, 1.54) is 12.5 Å². The number of rotatable bonds is 7. The molecule has 0 bridgehead atoms. The molecule has 132 valence electrons. The minimum Gasteiger partial charge on any atom is -0.372 e. The van der Waals surface area contributed by atoms with E-state index in [4.69, 9.17) is 10.5 Å². The fourth-order valence-corrected chi connectivity index (χ4v) is 4.22. The summed E-state index contributed by atoms with van der Waals surface area (Å²) in [7, 11) is 1.76. The van der Waals surface area contributed by atoms with E-state index in [-0.39, 0.29) is 18.0 Å². The SMILES string of the molecule is CNc1ncnc(N2CC3(CC(N(CC(F)F)SN)C3)C2)c1C=N. The Morgan fingerprint density at radius 3 is 2.79 bits per heavy atom. The molecule has 24 heavy (non-hydrogen) atoms. The van der Waals surface area contributed by atoms with Crippen LogP contribution in [0.4, 0.5) is 20.4 Å². The summed E-state index contributed by atoms with van der Waals surface area (Å²) in [5.74, 6) is 1.38. The highest BCUT2D eigenvalue weighted by Gasteiger charge is 2.54. The monoisotopic (exact) mass is 357 g/mol. The van der Waals surface area contributed by atoms with Crippen LogP contribution in [0.15, 0.2) is 6.33 Å². The molecule has 3 rings (SSSR count). The fourth-order valence-electron chi connectivity index (χ4n) is 3.70. The largest absolute Gasteiger partial charge is 0.372 e. The van der Waals surface area contributed by atoms with Crippen molar-refractivity contribution in [1.82, 2.24) is 14.3 Å². The summed E-state index contributed by atoms with van der Waals surface area (Å²) in [5.41, 5.74) is 0.827. The van der Waals surface area contributed by atoms with E-state index in [1.807, 2.05) is 0 Å². The highest BCUT2D eigenvalue weighted by Crippen LogP contribution is 2.52. The normalized spacial score (nSPS) is 19.5. The van der Waals surface area contributed by atoms with E-state index in [2.05, 4.69) is 20.2 Å². The number of nitrogens with two attached hydrogens (primary N) is 1. The second-order valence-corrected chi connectivity index (χ2v) is 7.05. The van der Waals surface area contributed by atoms with Crippen LogP contribution in [-0.2, 0) is 0 Å². The van der Waals surface area contributed by atoms with E-state index in [0.29, 0.717) is 11.4 Å². The lowest BCUT2D eigenvalue weighted by molar-refractivity contribution is -0.000330. The van der Waals surface area contributed by atoms with E-state index in [1.54, 1.807) is 11.4 Å². The van der Waals surface area contributed by atoms with Gasteiger partial charge in [-0.15, -0.1) is 0 Å². The first-order valence-electron chi connectivity index (χ1n) is 7.72. The standard InChI is InChI=1S/C14H21F2N7S/c1-19-12-10(4-17)13(21-8-20-12)22-6-14(7-22)2-9(3-14)23(24-18)5-11(15)16/h4,8-9,11,17H,2-3,5-7,18H2,1H3,(H,19,20,21). The summed E-state index contributed by atoms with van der Waals surface area (Å²) in [4.78, 5) is 10.5. The van der Waals surface area contributed by atoms with Crippen molar-refractivity contribution in [2.24, 2.45) is 10.6 Å². The molecule has 2 fully saturated rings. The summed E-state index contributed by atoms with van der Waals surface area (Å²) >= 11 is 0.907. The molecule has 1 saturated carbocycles. The van der Waals surface area contributed by atoms with Crippen LogP contribution in [-0.4, -0.2) is 59.6 Å². The molecule has 1 spiro atoms. The average molecular weight is 357 g/mol. The molecule has 4 N–H and O–H groups in total. The quantitative estimate of drug-likeness (QED) is 0.504. The van der Waals surface area contributed by atoms with Gasteiger partial charge in [0.15, 0.2) is 0 Å². The smallest absolute Gasteiger partial charge is 0.252 e. The fraction of sp³-hybridized carbons (Fsp3) is 0.643. The summed E-state index contributed by atoms with van der Waals surface area (Å²) in [6.07, 6.45) is 2.10. The van der Waals surface area contributed by atoms with Gasteiger partial charge in [0.05, 0.1) is 12.1 Å². The summed E-state index contributed by atoms with van der Waals surface area (Å²) < 4.78 is 26.7. The number of nitrogens with zero attached hydrogens (tertiary/aromatic N) is 4. The molecule has 0 radical (unpaired) electrons. The van der Waals surface area contributed by atoms with Crippen molar-refractivity contribution in [2.45, 2.75) is 25.3 Å². The molecule has 0 amide bonds. The third kappa shape index (κ3) is 3.05. The van der Waals surface area contributed by atoms with Crippen LogP contribution >= 0.6 is 12.1 Å². The van der Waals surface area contributed by atoms with Crippen molar-refractivity contribution in [1.29, 1.82) is 5.41 Å². The molecule has 7 nitrogen and oxygen atoms in total. The Kier molecular flexibility index (Phi) is 4.88. The van der Waals surface area contributed by atoms with Crippen LogP contribution in [0, 0.1) is 10.8 Å². The lowest BCUT2D eigenvalue weighted by Gasteiger charge is -2.61. The van der Waals surface area contributed by atoms with Crippen molar-refractivity contribution in [3.63, 3.8) is 0 Å². The molecular formula is C14H21F2N7S. The Labute approximate surface area is 143 Å². The number of anilines is 2. The third-order valence-corrected chi connectivity index (χ3v) is 5.51. The van der Waals surface area contributed by atoms with Crippen LogP contribution in [0.2, 0.25) is 0 Å². The van der Waals surface area contributed by atoms with E-state index < -0.39 is 6.43 Å². The topological polar surface area (TPSA) is 94.2 Å². The number of aromatic nitrogens is 2. The summed E-state index contributed by atoms with van der Waals surface area (Å²) in [6, 6.07) is 0.108. The van der Waals surface area contributed by atoms with Crippen molar-refractivity contribution < 1.29 is 8.78 Å². The van der Waals surface area contributed by atoms with Gasteiger partial charge in [-0.3, -0.25) is 5.14 Å². The molecule has 1 aliphatic heterocycles. The molecule has 0 atom stereocenters. The minimum atomic E-state index is -2.37. The molecule has 10 heteroatoms. The van der Waals surface area contributed by atoms with Gasteiger partial charge in [-0.2, -0.15) is 0 Å². The molecule has 2 heterocycles. The Bertz CT molecular complexity index is 601. The van der Waals surface area contributed by atoms with Gasteiger partial charge < -0.3 is 15.6 Å². The van der Waals surface area contributed by atoms with Gasteiger partial charge in [-0.25, -0.2) is 23.1 Å². The first-order valence-corrected chi connectivity index (χ1v) is 8.55. The number of hydrogen-bond acceptors (Lipinski definition) is 8. The molecule has 1 aliphatic carbocycles. The van der Waals surface area contributed by atoms with Crippen molar-refractivity contribution in [3.05, 3.63) is 11.9 Å². The van der Waals surface area contributed by atoms with Crippen molar-refractivity contribution in [3.8, 4) is 0 Å². The van der Waals surface area contributed by atoms with E-state index in [0.717, 1.165) is 43.9 Å². The van der Waals surface area contributed by atoms with Gasteiger partial charge in [-0.1, -0.05) is 0 Å². The predicted octanol–water partition coefficient (Wildman–Crippen LogP) is 1.57. The van der Waals surface area contributed by atoms with Crippen LogP contribution in [0.5, 0.6) is 0 Å². The van der Waals surface area contributed by atoms with Crippen LogP contribution in [0.25, 0.3) is 0 Å². The highest BCUT2D eigenvalue weighted by molar-refractivity contribution is 7.94. The van der Waals surface area contributed by atoms with Gasteiger partial charge in [-0.05, 0) is 12.8 Å². The molecule has 0 aromatic carbocycles. The predicted molar refractivity (Wildman–Crippen MR) is 91.6 cm³/mol. The van der Waals surface area contributed by atoms with Crippen molar-refractivity contribution >= 4 is 30.0 Å². The van der Waals surface area contributed by atoms with Gasteiger partial charge in [0.1, 0.15) is 18.0 Å². The molecule has 1 aromatic heterocycles. The zero-order valence-corrected chi connectivity index (χ0v) is 14.2. The second-order valence-electron chi connectivity index (χ2n) is 6.37. The van der Waals surface area contributed by atoms with Crippen LogP contribution in [0.3, 0.4) is 0 Å². The minimum absolute atomic E-state index is 0.108. The number of hydrogen-bond donors (Lipinski definition) is 3. The molecule has 1 saturated heterocycles. The molecule has 0 unspecified atom stereocenters. The Morgan fingerprint density at radius 2 is 2.25 bits per heavy atom. The van der Waals surface area contributed by atoms with Gasteiger partial charge in [0.2, 0.25) is 0 Å². The first kappa shape index (κ1) is 17.3. The maximum absolute atomic E-state index is 12.6. The zero-order chi connectivity index (χ0) is 17.3. The number of halogens is 2. The Hall–Kier alpha value is -1.52. The lowest BCUT2D eigenvalue weighted by Crippen LogP contribution is -2.66. The summed E-state index contributed by atoms with van der Waals surface area (Å²) in [6.45, 7) is 1.35. The van der Waals surface area contributed by atoms with Gasteiger partial charge in [0, 0.05) is 49.9 Å². The van der Waals surface area contributed by atoms with E-state index >= 15 is 0 Å². The Balaban J connectivity index is 1.60. The zero-order valence-electron chi connectivity index (χ0n) is 13.4. The van der Waals surface area contributed by atoms with Crippen LogP contribution in [0.1, 0.15) is 18.4 Å². The lowest BCUT2D eigenvalue weighted by atomic mass is 9.60. The van der Waals surface area contributed by atoms with Crippen LogP contribution < -0.4 is 15.4 Å². The molecular weight excluding hydrogens is 336 g/mol. The van der Waals surface area contributed by atoms with Crippen molar-refractivity contribution in [2.75, 3.05) is 36.9 Å². The summed E-state index contributed by atoms with van der Waals surface area (Å²) in [5, 5.41) is 16.1. The third-order valence-electron chi connectivity index (χ3n) is 4.79. The Morgan fingerprint density at radius 1 is 1.54 bits per heavy atom. The highest BCUT2D eigenvalue weighted by atomic mass is 32.2. The molecule has 2 aliphatic rings. The van der Waals surface area contributed by atoms with E-state index in [9.17, 15) is 8.78 Å². The number of alkyl halides is 2. The number of nitrogens with one attached hydrogen (secondary N) is 2. The van der Waals surface area contributed by atoms with Gasteiger partial charge >= 0.3 is 0 Å². The first-order chi connectivity index (χ1) is 11.5. The maximum Gasteiger partial charge on any atom is 0.252 e. The molecule has 1 aromatic rings. The van der Waals surface area contributed by atoms with Gasteiger partial charge in [0.25, 0.3) is 6.43 Å². The maximum atomic E-state index is 12.6.